The molecule has 7 nitrogen and oxygen atoms in total. The fourth-order valence-corrected chi connectivity index (χ4v) is 4.77. The van der Waals surface area contributed by atoms with Crippen LogP contribution in [0, 0.1) is 0 Å². The van der Waals surface area contributed by atoms with Gasteiger partial charge in [0.2, 0.25) is 5.91 Å². The van der Waals surface area contributed by atoms with E-state index in [9.17, 15) is 4.79 Å². The lowest BCUT2D eigenvalue weighted by atomic mass is 10.1. The Balaban J connectivity index is 1.34. The van der Waals surface area contributed by atoms with Crippen molar-refractivity contribution in [2.75, 3.05) is 23.7 Å². The number of amides is 1. The van der Waals surface area contributed by atoms with E-state index in [0.29, 0.717) is 5.75 Å². The first kappa shape index (κ1) is 17.3. The topological polar surface area (TPSA) is 75.9 Å². The van der Waals surface area contributed by atoms with Gasteiger partial charge in [-0.1, -0.05) is 35.2 Å². The summed E-state index contributed by atoms with van der Waals surface area (Å²) in [6.07, 6.45) is 3.69. The number of nitrogens with one attached hydrogen (secondary N) is 1. The number of fused-ring (bicyclic) bond motifs is 1. The molecule has 1 aromatic carbocycles. The molecule has 26 heavy (non-hydrogen) atoms. The van der Waals surface area contributed by atoms with Gasteiger partial charge in [0.1, 0.15) is 6.33 Å². The van der Waals surface area contributed by atoms with Crippen LogP contribution in [-0.4, -0.2) is 50.5 Å². The average molecular weight is 389 g/mol. The first-order valence-corrected chi connectivity index (χ1v) is 10.4. The van der Waals surface area contributed by atoms with Gasteiger partial charge in [0.15, 0.2) is 10.3 Å². The van der Waals surface area contributed by atoms with Gasteiger partial charge in [-0.3, -0.25) is 4.79 Å². The fraction of sp³-hybridized carbons (Fsp3) is 0.412. The number of aryl methyl sites for hydroxylation is 1. The second-order valence-electron chi connectivity index (χ2n) is 6.33. The summed E-state index contributed by atoms with van der Waals surface area (Å²) in [6.45, 7) is 1.79. The number of thioether (sulfide) groups is 1. The van der Waals surface area contributed by atoms with E-state index in [2.05, 4.69) is 26.5 Å². The van der Waals surface area contributed by atoms with Crippen LogP contribution in [0.3, 0.4) is 0 Å². The molecule has 4 rings (SSSR count). The minimum atomic E-state index is 0.0362. The van der Waals surface area contributed by atoms with Gasteiger partial charge in [0, 0.05) is 26.2 Å². The number of hydrogen-bond donors (Lipinski definition) is 1. The van der Waals surface area contributed by atoms with Crippen molar-refractivity contribution in [3.05, 3.63) is 30.6 Å². The van der Waals surface area contributed by atoms with Crippen molar-refractivity contribution in [2.24, 2.45) is 7.05 Å². The number of nitrogens with zero attached hydrogens (tertiary/aromatic N) is 5. The Bertz CT molecular complexity index is 874. The van der Waals surface area contributed by atoms with Crippen LogP contribution in [0.1, 0.15) is 12.8 Å². The molecule has 1 saturated heterocycles. The maximum Gasteiger partial charge on any atom is 0.230 e. The molecule has 1 N–H and O–H groups in total. The van der Waals surface area contributed by atoms with E-state index in [0.717, 1.165) is 41.7 Å². The highest BCUT2D eigenvalue weighted by molar-refractivity contribution is 7.99. The van der Waals surface area contributed by atoms with Crippen LogP contribution in [0.4, 0.5) is 5.13 Å². The van der Waals surface area contributed by atoms with Crippen LogP contribution in [0.25, 0.3) is 10.2 Å². The third-order valence-electron chi connectivity index (χ3n) is 4.34. The Kier molecular flexibility index (Phi) is 5.07. The van der Waals surface area contributed by atoms with E-state index in [1.807, 2.05) is 29.8 Å². The third-order valence-corrected chi connectivity index (χ3v) is 6.47. The number of anilines is 1. The molecule has 1 aliphatic heterocycles. The molecule has 0 unspecified atom stereocenters. The molecule has 0 bridgehead atoms. The van der Waals surface area contributed by atoms with Crippen LogP contribution in [-0.2, 0) is 11.8 Å². The largest absolute Gasteiger partial charge is 0.351 e. The van der Waals surface area contributed by atoms with Crippen LogP contribution in [0.15, 0.2) is 35.7 Å². The van der Waals surface area contributed by atoms with Crippen molar-refractivity contribution in [3.63, 3.8) is 0 Å². The van der Waals surface area contributed by atoms with Crippen LogP contribution in [0.5, 0.6) is 0 Å². The number of hydrogen-bond acceptors (Lipinski definition) is 7. The highest BCUT2D eigenvalue weighted by atomic mass is 32.2. The Morgan fingerprint density at radius 3 is 3.12 bits per heavy atom. The Hall–Kier alpha value is -2.13. The zero-order valence-electron chi connectivity index (χ0n) is 14.5. The van der Waals surface area contributed by atoms with Crippen molar-refractivity contribution >= 4 is 44.4 Å². The standard InChI is InChI=1S/C17H20N6OS2/c1-22-11-18-21-17(22)25-10-15(24)19-12-5-4-8-23(9-12)16-20-13-6-2-3-7-14(13)26-16/h2-3,6-7,11-12H,4-5,8-10H2,1H3,(H,19,24)/t12-/m1/s1. The smallest absolute Gasteiger partial charge is 0.230 e. The van der Waals surface area contributed by atoms with Crippen LogP contribution in [0.2, 0.25) is 0 Å². The Labute approximate surface area is 159 Å². The highest BCUT2D eigenvalue weighted by Gasteiger charge is 2.23. The summed E-state index contributed by atoms with van der Waals surface area (Å²) >= 11 is 3.12. The van der Waals surface area contributed by atoms with Gasteiger partial charge < -0.3 is 14.8 Å². The lowest BCUT2D eigenvalue weighted by Gasteiger charge is -2.32. The zero-order chi connectivity index (χ0) is 17.9. The number of piperidine rings is 1. The number of rotatable bonds is 5. The number of benzene rings is 1. The van der Waals surface area contributed by atoms with Gasteiger partial charge in [-0.2, -0.15) is 0 Å². The second kappa shape index (κ2) is 7.63. The minimum Gasteiger partial charge on any atom is -0.351 e. The molecule has 0 spiro atoms. The Morgan fingerprint density at radius 2 is 2.31 bits per heavy atom. The molecule has 0 radical (unpaired) electrons. The van der Waals surface area contributed by atoms with E-state index in [1.165, 1.54) is 16.5 Å². The molecule has 1 fully saturated rings. The molecular weight excluding hydrogens is 368 g/mol. The van der Waals surface area contributed by atoms with E-state index in [-0.39, 0.29) is 11.9 Å². The van der Waals surface area contributed by atoms with Crippen LogP contribution < -0.4 is 10.2 Å². The van der Waals surface area contributed by atoms with Crippen molar-refractivity contribution in [2.45, 2.75) is 24.0 Å². The molecule has 0 aliphatic carbocycles. The summed E-state index contributed by atoms with van der Waals surface area (Å²) in [5, 5.41) is 12.8. The molecule has 3 aromatic rings. The predicted octanol–water partition coefficient (Wildman–Crippen LogP) is 2.30. The van der Waals surface area contributed by atoms with E-state index in [1.54, 1.807) is 17.7 Å². The van der Waals surface area contributed by atoms with Crippen molar-refractivity contribution in [1.82, 2.24) is 25.1 Å². The number of para-hydroxylation sites is 1. The molecule has 1 aliphatic rings. The molecule has 2 aromatic heterocycles. The fourth-order valence-electron chi connectivity index (χ4n) is 3.07. The van der Waals surface area contributed by atoms with Gasteiger partial charge in [0.05, 0.1) is 16.0 Å². The lowest BCUT2D eigenvalue weighted by Crippen LogP contribution is -2.48. The second-order valence-corrected chi connectivity index (χ2v) is 8.28. The molecular formula is C17H20N6OS2. The summed E-state index contributed by atoms with van der Waals surface area (Å²) in [5.74, 6) is 0.388. The van der Waals surface area contributed by atoms with Gasteiger partial charge in [0.25, 0.3) is 0 Å². The van der Waals surface area contributed by atoms with Gasteiger partial charge in [-0.25, -0.2) is 4.98 Å². The minimum absolute atomic E-state index is 0.0362. The number of carbonyl (C=O) groups is 1. The summed E-state index contributed by atoms with van der Waals surface area (Å²) in [7, 11) is 1.87. The monoisotopic (exact) mass is 388 g/mol. The van der Waals surface area contributed by atoms with E-state index >= 15 is 0 Å². The molecule has 0 saturated carbocycles. The Morgan fingerprint density at radius 1 is 1.42 bits per heavy atom. The van der Waals surface area contributed by atoms with E-state index < -0.39 is 0 Å². The van der Waals surface area contributed by atoms with Crippen molar-refractivity contribution in [1.29, 1.82) is 0 Å². The number of thiazole rings is 1. The highest BCUT2D eigenvalue weighted by Crippen LogP contribution is 2.30. The summed E-state index contributed by atoms with van der Waals surface area (Å²) in [5.41, 5.74) is 1.04. The van der Waals surface area contributed by atoms with Gasteiger partial charge in [-0.15, -0.1) is 10.2 Å². The first-order chi connectivity index (χ1) is 12.7. The van der Waals surface area contributed by atoms with Crippen molar-refractivity contribution in [3.8, 4) is 0 Å². The van der Waals surface area contributed by atoms with E-state index in [4.69, 9.17) is 4.98 Å². The third kappa shape index (κ3) is 3.83. The quantitative estimate of drug-likeness (QED) is 0.676. The summed E-state index contributed by atoms with van der Waals surface area (Å²) < 4.78 is 3.02. The van der Waals surface area contributed by atoms with Gasteiger partial charge >= 0.3 is 0 Å². The number of carbonyl (C=O) groups excluding carboxylic acids is 1. The predicted molar refractivity (Wildman–Crippen MR) is 105 cm³/mol. The average Bonchev–Trinajstić information content (AvgIpc) is 3.26. The molecule has 136 valence electrons. The number of aromatic nitrogens is 4. The summed E-state index contributed by atoms with van der Waals surface area (Å²) in [4.78, 5) is 19.3. The first-order valence-electron chi connectivity index (χ1n) is 8.56. The maximum atomic E-state index is 12.3. The SMILES string of the molecule is Cn1cnnc1SCC(=O)N[C@@H]1CCCN(c2nc3ccccc3s2)C1. The van der Waals surface area contributed by atoms with Crippen LogP contribution >= 0.6 is 23.1 Å². The molecule has 9 heteroatoms. The van der Waals surface area contributed by atoms with Gasteiger partial charge in [-0.05, 0) is 25.0 Å². The van der Waals surface area contributed by atoms with Crippen molar-refractivity contribution < 1.29 is 4.79 Å². The molecule has 3 heterocycles. The maximum absolute atomic E-state index is 12.3. The zero-order valence-corrected chi connectivity index (χ0v) is 16.1. The molecule has 1 atom stereocenters. The normalized spacial score (nSPS) is 17.6. The molecule has 1 amide bonds. The summed E-state index contributed by atoms with van der Waals surface area (Å²) in [6, 6.07) is 8.35. The lowest BCUT2D eigenvalue weighted by molar-refractivity contribution is -0.119.